The Kier molecular flexibility index (Phi) is 4.60. The lowest BCUT2D eigenvalue weighted by Crippen LogP contribution is -2.29. The molecule has 1 aliphatic rings. The van der Waals surface area contributed by atoms with E-state index in [2.05, 4.69) is 80.9 Å². The summed E-state index contributed by atoms with van der Waals surface area (Å²) in [7, 11) is 0. The summed E-state index contributed by atoms with van der Waals surface area (Å²) in [6, 6.07) is 19.1. The maximum atomic E-state index is 4.87. The Morgan fingerprint density at radius 1 is 1.03 bits per heavy atom. The number of hydrogen-bond donors (Lipinski definition) is 2. The fraction of sp³-hybridized carbons (Fsp3) is 0.261. The Bertz CT molecular complexity index is 1130. The second-order valence-electron chi connectivity index (χ2n) is 7.59. The minimum atomic E-state index is 0.648. The maximum absolute atomic E-state index is 4.87. The van der Waals surface area contributed by atoms with Gasteiger partial charge in [-0.15, -0.1) is 0 Å². The zero-order chi connectivity index (χ0) is 19.6. The summed E-state index contributed by atoms with van der Waals surface area (Å²) in [5.74, 6) is 1.61. The molecule has 5 rings (SSSR count). The second kappa shape index (κ2) is 7.54. The van der Waals surface area contributed by atoms with E-state index in [0.717, 1.165) is 55.0 Å². The van der Waals surface area contributed by atoms with Crippen LogP contribution >= 0.6 is 0 Å². The Balaban J connectivity index is 1.38. The Hall–Kier alpha value is -3.41. The molecule has 146 valence electrons. The number of H-pyrrole nitrogens is 1. The monoisotopic (exact) mass is 384 g/mol. The molecule has 4 aromatic rings. The number of nitrogens with one attached hydrogen (secondary N) is 2. The molecule has 0 bridgehead atoms. The first-order chi connectivity index (χ1) is 14.3. The van der Waals surface area contributed by atoms with E-state index in [0.29, 0.717) is 5.95 Å². The molecule has 0 fully saturated rings. The van der Waals surface area contributed by atoms with Crippen molar-refractivity contribution in [3.8, 4) is 0 Å². The van der Waals surface area contributed by atoms with Crippen molar-refractivity contribution >= 4 is 22.8 Å². The molecule has 2 aromatic carbocycles. The Morgan fingerprint density at radius 3 is 2.76 bits per heavy atom. The molecule has 3 heterocycles. The van der Waals surface area contributed by atoms with E-state index in [1.807, 2.05) is 6.07 Å². The third kappa shape index (κ3) is 3.66. The molecular formula is C23H24N6. The average molecular weight is 384 g/mol. The molecule has 0 saturated carbocycles. The van der Waals surface area contributed by atoms with Gasteiger partial charge in [0.25, 0.3) is 0 Å². The van der Waals surface area contributed by atoms with Crippen LogP contribution in [0.2, 0.25) is 0 Å². The number of benzene rings is 2. The topological polar surface area (TPSA) is 69.7 Å². The van der Waals surface area contributed by atoms with Gasteiger partial charge in [-0.05, 0) is 24.5 Å². The van der Waals surface area contributed by atoms with Gasteiger partial charge in [0.1, 0.15) is 5.82 Å². The number of aromatic amines is 1. The summed E-state index contributed by atoms with van der Waals surface area (Å²) in [5, 5.41) is 12.0. The van der Waals surface area contributed by atoms with Gasteiger partial charge in [-0.1, -0.05) is 60.2 Å². The second-order valence-corrected chi connectivity index (χ2v) is 7.59. The Labute approximate surface area is 170 Å². The van der Waals surface area contributed by atoms with Crippen molar-refractivity contribution in [3.05, 3.63) is 77.0 Å². The van der Waals surface area contributed by atoms with Gasteiger partial charge in [0, 0.05) is 26.1 Å². The highest BCUT2D eigenvalue weighted by atomic mass is 15.3. The predicted octanol–water partition coefficient (Wildman–Crippen LogP) is 3.88. The number of aromatic nitrogens is 4. The minimum Gasteiger partial charge on any atom is -0.354 e. The van der Waals surface area contributed by atoms with E-state index in [9.17, 15) is 0 Å². The average Bonchev–Trinajstić information content (AvgIpc) is 3.15. The van der Waals surface area contributed by atoms with Crippen molar-refractivity contribution in [2.75, 3.05) is 23.3 Å². The van der Waals surface area contributed by atoms with Gasteiger partial charge >= 0.3 is 0 Å². The molecule has 6 heteroatoms. The number of nitrogens with zero attached hydrogens (tertiary/aromatic N) is 4. The van der Waals surface area contributed by atoms with Crippen LogP contribution in [0.4, 0.5) is 11.8 Å². The number of aryl methyl sites for hydroxylation is 1. The van der Waals surface area contributed by atoms with E-state index in [1.165, 1.54) is 16.7 Å². The molecular weight excluding hydrogens is 360 g/mol. The smallest absolute Gasteiger partial charge is 0.226 e. The van der Waals surface area contributed by atoms with Crippen molar-refractivity contribution in [2.45, 2.75) is 26.3 Å². The largest absolute Gasteiger partial charge is 0.354 e. The van der Waals surface area contributed by atoms with Gasteiger partial charge < -0.3 is 10.2 Å². The molecule has 1 aliphatic heterocycles. The third-order valence-electron chi connectivity index (χ3n) is 5.39. The lowest BCUT2D eigenvalue weighted by atomic mass is 10.1. The predicted molar refractivity (Wildman–Crippen MR) is 116 cm³/mol. The first kappa shape index (κ1) is 17.7. The molecule has 0 spiro atoms. The first-order valence-electron chi connectivity index (χ1n) is 10.1. The highest BCUT2D eigenvalue weighted by molar-refractivity contribution is 5.91. The zero-order valence-electron chi connectivity index (χ0n) is 16.5. The van der Waals surface area contributed by atoms with Crippen LogP contribution in [0.15, 0.2) is 54.6 Å². The van der Waals surface area contributed by atoms with Gasteiger partial charge in [-0.25, -0.2) is 0 Å². The minimum absolute atomic E-state index is 0.648. The van der Waals surface area contributed by atoms with Crippen LogP contribution in [0.5, 0.6) is 0 Å². The summed E-state index contributed by atoms with van der Waals surface area (Å²) >= 11 is 0. The van der Waals surface area contributed by atoms with Crippen LogP contribution in [0.1, 0.15) is 22.4 Å². The van der Waals surface area contributed by atoms with E-state index in [-0.39, 0.29) is 0 Å². The van der Waals surface area contributed by atoms with E-state index in [1.54, 1.807) is 0 Å². The zero-order valence-corrected chi connectivity index (χ0v) is 16.5. The normalized spacial score (nSPS) is 13.1. The lowest BCUT2D eigenvalue weighted by molar-refractivity contribution is 0.747. The molecule has 0 unspecified atom stereocenters. The van der Waals surface area contributed by atoms with Gasteiger partial charge in [-0.2, -0.15) is 15.1 Å². The molecule has 29 heavy (non-hydrogen) atoms. The van der Waals surface area contributed by atoms with E-state index in [4.69, 9.17) is 4.98 Å². The van der Waals surface area contributed by atoms with Crippen LogP contribution in [-0.4, -0.2) is 33.3 Å². The van der Waals surface area contributed by atoms with Crippen LogP contribution in [-0.2, 0) is 19.4 Å². The van der Waals surface area contributed by atoms with Crippen molar-refractivity contribution in [3.63, 3.8) is 0 Å². The summed E-state index contributed by atoms with van der Waals surface area (Å²) < 4.78 is 0. The maximum Gasteiger partial charge on any atom is 0.226 e. The summed E-state index contributed by atoms with van der Waals surface area (Å²) in [4.78, 5) is 11.9. The highest BCUT2D eigenvalue weighted by Crippen LogP contribution is 2.32. The van der Waals surface area contributed by atoms with Crippen molar-refractivity contribution in [1.29, 1.82) is 0 Å². The van der Waals surface area contributed by atoms with Gasteiger partial charge in [0.05, 0.1) is 11.1 Å². The van der Waals surface area contributed by atoms with Crippen molar-refractivity contribution in [1.82, 2.24) is 20.2 Å². The van der Waals surface area contributed by atoms with Crippen LogP contribution in [0, 0.1) is 6.92 Å². The van der Waals surface area contributed by atoms with Gasteiger partial charge in [0.2, 0.25) is 5.95 Å². The molecule has 2 aromatic heterocycles. The molecule has 0 atom stereocenters. The number of anilines is 2. The number of hydrogen-bond acceptors (Lipinski definition) is 5. The molecule has 2 N–H and O–H groups in total. The Morgan fingerprint density at radius 2 is 1.90 bits per heavy atom. The lowest BCUT2D eigenvalue weighted by Gasteiger charge is -2.28. The van der Waals surface area contributed by atoms with E-state index < -0.39 is 0 Å². The van der Waals surface area contributed by atoms with Gasteiger partial charge in [-0.3, -0.25) is 5.10 Å². The fourth-order valence-corrected chi connectivity index (χ4v) is 3.95. The third-order valence-corrected chi connectivity index (χ3v) is 5.39. The highest BCUT2D eigenvalue weighted by Gasteiger charge is 2.24. The summed E-state index contributed by atoms with van der Waals surface area (Å²) in [5.41, 5.74) is 5.74. The molecule has 0 amide bonds. The fourth-order valence-electron chi connectivity index (χ4n) is 3.95. The molecule has 6 nitrogen and oxygen atoms in total. The quantitative estimate of drug-likeness (QED) is 0.528. The van der Waals surface area contributed by atoms with Crippen molar-refractivity contribution in [2.24, 2.45) is 0 Å². The first-order valence-corrected chi connectivity index (χ1v) is 10.1. The summed E-state index contributed by atoms with van der Waals surface area (Å²) in [6.45, 7) is 4.64. The summed E-state index contributed by atoms with van der Waals surface area (Å²) in [6.07, 6.45) is 1.84. The van der Waals surface area contributed by atoms with Gasteiger partial charge in [0.15, 0.2) is 5.65 Å². The van der Waals surface area contributed by atoms with Crippen LogP contribution < -0.4 is 10.2 Å². The van der Waals surface area contributed by atoms with Crippen LogP contribution in [0.25, 0.3) is 11.0 Å². The SMILES string of the molecule is Cc1cccc(CCNc2nc3c4c(n[nH]c4n2)CCN3Cc2ccccc2)c1. The van der Waals surface area contributed by atoms with E-state index >= 15 is 0 Å². The molecule has 0 radical (unpaired) electrons. The molecule has 0 saturated heterocycles. The standard InChI is InChI=1S/C23H24N6/c1-16-6-5-9-17(14-16)10-12-24-23-25-21-20-19(27-28-21)11-13-29(22(20)26-23)15-18-7-3-2-4-8-18/h2-9,14H,10-13,15H2,1H3,(H2,24,25,26,27,28). The number of rotatable bonds is 6. The van der Waals surface area contributed by atoms with Crippen LogP contribution in [0.3, 0.4) is 0 Å². The molecule has 0 aliphatic carbocycles. The van der Waals surface area contributed by atoms with Crippen molar-refractivity contribution < 1.29 is 0 Å².